The van der Waals surface area contributed by atoms with Gasteiger partial charge < -0.3 is 10.4 Å². The zero-order valence-electron chi connectivity index (χ0n) is 10.2. The maximum Gasteiger partial charge on any atom is 0.335 e. The Hall–Kier alpha value is -1.42. The van der Waals surface area contributed by atoms with Crippen LogP contribution < -0.4 is 5.32 Å². The van der Waals surface area contributed by atoms with Gasteiger partial charge in [0.05, 0.1) is 26.3 Å². The third-order valence-electron chi connectivity index (χ3n) is 2.68. The lowest BCUT2D eigenvalue weighted by Crippen LogP contribution is -2.02. The average Bonchev–Trinajstić information content (AvgIpc) is 2.41. The first-order valence-corrected chi connectivity index (χ1v) is 6.81. The molecule has 0 amide bonds. The third-order valence-corrected chi connectivity index (χ3v) is 3.75. The van der Waals surface area contributed by atoms with Crippen molar-refractivity contribution in [3.8, 4) is 0 Å². The lowest BCUT2D eigenvalue weighted by atomic mass is 10.2. The van der Waals surface area contributed by atoms with E-state index < -0.39 is 5.97 Å². The molecule has 0 fully saturated rings. The van der Waals surface area contributed by atoms with E-state index in [4.69, 9.17) is 39.9 Å². The van der Waals surface area contributed by atoms with Crippen LogP contribution in [0.15, 0.2) is 36.4 Å². The Kier molecular flexibility index (Phi) is 4.76. The SMILES string of the molecule is O=C(O)c1ccc(Cl)c(NCc2ccc(Cl)c(Cl)c2)c1. The molecule has 0 aromatic heterocycles. The summed E-state index contributed by atoms with van der Waals surface area (Å²) in [5, 5.41) is 13.4. The Balaban J connectivity index is 2.15. The Morgan fingerprint density at radius 3 is 2.35 bits per heavy atom. The fourth-order valence-corrected chi connectivity index (χ4v) is 2.15. The second-order valence-corrected chi connectivity index (χ2v) is 5.32. The molecule has 6 heteroatoms. The van der Waals surface area contributed by atoms with E-state index in [2.05, 4.69) is 5.32 Å². The minimum absolute atomic E-state index is 0.172. The molecule has 0 heterocycles. The summed E-state index contributed by atoms with van der Waals surface area (Å²) in [6, 6.07) is 9.76. The quantitative estimate of drug-likeness (QED) is 0.833. The lowest BCUT2D eigenvalue weighted by Gasteiger charge is -2.10. The maximum atomic E-state index is 10.9. The molecule has 0 aliphatic rings. The molecule has 0 saturated heterocycles. The minimum Gasteiger partial charge on any atom is -0.478 e. The van der Waals surface area contributed by atoms with Crippen molar-refractivity contribution in [1.82, 2.24) is 0 Å². The number of halogens is 3. The second-order valence-electron chi connectivity index (χ2n) is 4.10. The number of hydrogen-bond donors (Lipinski definition) is 2. The standard InChI is InChI=1S/C14H10Cl3NO2/c15-10-3-1-8(5-12(10)17)7-18-13-6-9(14(19)20)2-4-11(13)16/h1-6,18H,7H2,(H,19,20). The number of carboxylic acids is 1. The highest BCUT2D eigenvalue weighted by molar-refractivity contribution is 6.42. The fourth-order valence-electron chi connectivity index (χ4n) is 1.64. The van der Waals surface area contributed by atoms with E-state index in [1.165, 1.54) is 12.1 Å². The van der Waals surface area contributed by atoms with Crippen LogP contribution in [0.25, 0.3) is 0 Å². The number of nitrogens with one attached hydrogen (secondary N) is 1. The zero-order chi connectivity index (χ0) is 14.7. The monoisotopic (exact) mass is 329 g/mol. The molecule has 0 atom stereocenters. The largest absolute Gasteiger partial charge is 0.478 e. The molecule has 0 aliphatic heterocycles. The number of carbonyl (C=O) groups is 1. The summed E-state index contributed by atoms with van der Waals surface area (Å²) < 4.78 is 0. The Labute approximate surface area is 131 Å². The van der Waals surface area contributed by atoms with E-state index in [9.17, 15) is 4.79 Å². The predicted molar refractivity (Wildman–Crippen MR) is 82.2 cm³/mol. The normalized spacial score (nSPS) is 10.3. The maximum absolute atomic E-state index is 10.9. The van der Waals surface area contributed by atoms with Crippen LogP contribution in [-0.2, 0) is 6.54 Å². The highest BCUT2D eigenvalue weighted by Gasteiger charge is 2.07. The third kappa shape index (κ3) is 3.57. The van der Waals surface area contributed by atoms with Crippen molar-refractivity contribution < 1.29 is 9.90 Å². The highest BCUT2D eigenvalue weighted by atomic mass is 35.5. The van der Waals surface area contributed by atoms with Crippen molar-refractivity contribution in [1.29, 1.82) is 0 Å². The molecule has 0 unspecified atom stereocenters. The van der Waals surface area contributed by atoms with E-state index in [-0.39, 0.29) is 5.56 Å². The van der Waals surface area contributed by atoms with Crippen LogP contribution in [-0.4, -0.2) is 11.1 Å². The molecule has 2 rings (SSSR count). The smallest absolute Gasteiger partial charge is 0.335 e. The highest BCUT2D eigenvalue weighted by Crippen LogP contribution is 2.26. The van der Waals surface area contributed by atoms with Gasteiger partial charge >= 0.3 is 5.97 Å². The molecule has 0 spiro atoms. The zero-order valence-corrected chi connectivity index (χ0v) is 12.4. The van der Waals surface area contributed by atoms with E-state index >= 15 is 0 Å². The molecule has 2 aromatic carbocycles. The van der Waals surface area contributed by atoms with E-state index in [0.717, 1.165) is 5.56 Å². The first kappa shape index (κ1) is 15.0. The van der Waals surface area contributed by atoms with Gasteiger partial charge in [0, 0.05) is 6.54 Å². The molecule has 2 N–H and O–H groups in total. The van der Waals surface area contributed by atoms with Crippen molar-refractivity contribution in [3.05, 3.63) is 62.6 Å². The molecule has 2 aromatic rings. The van der Waals surface area contributed by atoms with E-state index in [1.807, 2.05) is 6.07 Å². The molecular formula is C14H10Cl3NO2. The summed E-state index contributed by atoms with van der Waals surface area (Å²) in [6.07, 6.45) is 0. The molecule has 0 radical (unpaired) electrons. The number of anilines is 1. The molecule has 3 nitrogen and oxygen atoms in total. The van der Waals surface area contributed by atoms with Crippen molar-refractivity contribution >= 4 is 46.5 Å². The van der Waals surface area contributed by atoms with Gasteiger partial charge in [0.15, 0.2) is 0 Å². The Morgan fingerprint density at radius 2 is 1.70 bits per heavy atom. The van der Waals surface area contributed by atoms with Gasteiger partial charge in [-0.1, -0.05) is 40.9 Å². The second kappa shape index (κ2) is 6.35. The average molecular weight is 331 g/mol. The lowest BCUT2D eigenvalue weighted by molar-refractivity contribution is 0.0697. The molecular weight excluding hydrogens is 321 g/mol. The molecule has 0 bridgehead atoms. The van der Waals surface area contributed by atoms with Gasteiger partial charge in [-0.2, -0.15) is 0 Å². The van der Waals surface area contributed by atoms with Gasteiger partial charge in [-0.15, -0.1) is 0 Å². The first-order chi connectivity index (χ1) is 9.47. The van der Waals surface area contributed by atoms with Crippen molar-refractivity contribution in [2.45, 2.75) is 6.54 Å². The predicted octanol–water partition coefficient (Wildman–Crippen LogP) is 4.96. The van der Waals surface area contributed by atoms with Gasteiger partial charge in [0.1, 0.15) is 0 Å². The molecule has 0 saturated carbocycles. The van der Waals surface area contributed by atoms with Crippen molar-refractivity contribution in [2.75, 3.05) is 5.32 Å². The number of aromatic carboxylic acids is 1. The number of rotatable bonds is 4. The van der Waals surface area contributed by atoms with Crippen LogP contribution in [0.4, 0.5) is 5.69 Å². The topological polar surface area (TPSA) is 49.3 Å². The van der Waals surface area contributed by atoms with E-state index in [1.54, 1.807) is 18.2 Å². The summed E-state index contributed by atoms with van der Waals surface area (Å²) in [5.41, 5.74) is 1.64. The van der Waals surface area contributed by atoms with Crippen LogP contribution in [0.2, 0.25) is 15.1 Å². The molecule has 0 aliphatic carbocycles. The Bertz CT molecular complexity index is 659. The van der Waals surface area contributed by atoms with Gasteiger partial charge in [-0.3, -0.25) is 0 Å². The number of benzene rings is 2. The summed E-state index contributed by atoms with van der Waals surface area (Å²) in [6.45, 7) is 0.458. The number of hydrogen-bond acceptors (Lipinski definition) is 2. The number of carboxylic acid groups (broad SMARTS) is 1. The first-order valence-electron chi connectivity index (χ1n) is 5.68. The minimum atomic E-state index is -1.00. The van der Waals surface area contributed by atoms with Crippen LogP contribution in [0, 0.1) is 0 Å². The van der Waals surface area contributed by atoms with Gasteiger partial charge in [-0.05, 0) is 35.9 Å². The van der Waals surface area contributed by atoms with Crippen LogP contribution in [0.5, 0.6) is 0 Å². The van der Waals surface area contributed by atoms with Crippen molar-refractivity contribution in [2.24, 2.45) is 0 Å². The fraction of sp³-hybridized carbons (Fsp3) is 0.0714. The summed E-state index contributed by atoms with van der Waals surface area (Å²) >= 11 is 17.8. The van der Waals surface area contributed by atoms with Crippen LogP contribution in [0.3, 0.4) is 0 Å². The summed E-state index contributed by atoms with van der Waals surface area (Å²) in [5.74, 6) is -1.00. The molecule has 20 heavy (non-hydrogen) atoms. The summed E-state index contributed by atoms with van der Waals surface area (Å²) in [4.78, 5) is 10.9. The van der Waals surface area contributed by atoms with Gasteiger partial charge in [0.25, 0.3) is 0 Å². The Morgan fingerprint density at radius 1 is 1.00 bits per heavy atom. The van der Waals surface area contributed by atoms with Crippen molar-refractivity contribution in [3.63, 3.8) is 0 Å². The van der Waals surface area contributed by atoms with E-state index in [0.29, 0.717) is 27.3 Å². The van der Waals surface area contributed by atoms with Gasteiger partial charge in [-0.25, -0.2) is 4.79 Å². The van der Waals surface area contributed by atoms with Gasteiger partial charge in [0.2, 0.25) is 0 Å². The van der Waals surface area contributed by atoms with Crippen LogP contribution in [0.1, 0.15) is 15.9 Å². The van der Waals surface area contributed by atoms with Crippen LogP contribution >= 0.6 is 34.8 Å². The summed E-state index contributed by atoms with van der Waals surface area (Å²) in [7, 11) is 0. The molecule has 104 valence electrons.